The van der Waals surface area contributed by atoms with E-state index >= 15 is 0 Å². The number of pyridine rings is 1. The van der Waals surface area contributed by atoms with Crippen LogP contribution in [0, 0.1) is 13.8 Å². The van der Waals surface area contributed by atoms with Crippen LogP contribution in [0.3, 0.4) is 0 Å². The molecule has 0 aliphatic heterocycles. The fourth-order valence-electron chi connectivity index (χ4n) is 3.36. The van der Waals surface area contributed by atoms with Gasteiger partial charge in [-0.1, -0.05) is 35.9 Å². The van der Waals surface area contributed by atoms with Crippen molar-refractivity contribution in [3.05, 3.63) is 113 Å². The quantitative estimate of drug-likeness (QED) is 0.485. The van der Waals surface area contributed by atoms with E-state index in [1.54, 1.807) is 36.8 Å². The fraction of sp³-hybridized carbons (Fsp3) is 0.154. The van der Waals surface area contributed by atoms with Crippen molar-refractivity contribution in [2.75, 3.05) is 0 Å². The number of benzene rings is 2. The lowest BCUT2D eigenvalue weighted by molar-refractivity contribution is 0.0950. The highest BCUT2D eigenvalue weighted by atomic mass is 16.3. The normalized spacial score (nSPS) is 11.7. The Bertz CT molecular complexity index is 1210. The van der Waals surface area contributed by atoms with Gasteiger partial charge < -0.3 is 10.4 Å². The van der Waals surface area contributed by atoms with Crippen LogP contribution in [-0.2, 0) is 6.54 Å². The minimum atomic E-state index is -0.946. The van der Waals surface area contributed by atoms with E-state index in [4.69, 9.17) is 0 Å². The van der Waals surface area contributed by atoms with Gasteiger partial charge in [-0.2, -0.15) is 0 Å². The molecule has 32 heavy (non-hydrogen) atoms. The fourth-order valence-corrected chi connectivity index (χ4v) is 3.36. The van der Waals surface area contributed by atoms with Crippen molar-refractivity contribution in [1.82, 2.24) is 20.3 Å². The standard InChI is InChI=1S/C26H24N4O2/c1-17-6-8-20(9-7-17)21-11-22(25(31)24-5-3-4-10-27-24)13-23(12-21)26(32)30-16-19-14-28-18(2)29-15-19/h3-15,25,31H,16H2,1-2H3,(H,30,32). The van der Waals surface area contributed by atoms with Crippen molar-refractivity contribution < 1.29 is 9.90 Å². The summed E-state index contributed by atoms with van der Waals surface area (Å²) in [7, 11) is 0. The lowest BCUT2D eigenvalue weighted by atomic mass is 9.95. The first-order valence-electron chi connectivity index (χ1n) is 10.4. The maximum atomic E-state index is 13.0. The Kier molecular flexibility index (Phi) is 6.33. The maximum Gasteiger partial charge on any atom is 0.251 e. The molecule has 6 heteroatoms. The second kappa shape index (κ2) is 9.49. The zero-order chi connectivity index (χ0) is 22.5. The summed E-state index contributed by atoms with van der Waals surface area (Å²) in [5, 5.41) is 13.8. The second-order valence-corrected chi connectivity index (χ2v) is 7.69. The molecule has 0 bridgehead atoms. The van der Waals surface area contributed by atoms with Crippen molar-refractivity contribution >= 4 is 5.91 Å². The van der Waals surface area contributed by atoms with Gasteiger partial charge in [0.2, 0.25) is 0 Å². The van der Waals surface area contributed by atoms with E-state index in [0.717, 1.165) is 22.3 Å². The SMILES string of the molecule is Cc1ccc(-c2cc(C(=O)NCc3cnc(C)nc3)cc(C(O)c3ccccn3)c2)cc1. The van der Waals surface area contributed by atoms with E-state index in [0.29, 0.717) is 29.2 Å². The molecule has 2 aromatic heterocycles. The number of hydrogen-bond acceptors (Lipinski definition) is 5. The number of carbonyl (C=O) groups is 1. The van der Waals surface area contributed by atoms with E-state index < -0.39 is 6.10 Å². The van der Waals surface area contributed by atoms with Gasteiger partial charge in [0.1, 0.15) is 11.9 Å². The van der Waals surface area contributed by atoms with Crippen molar-refractivity contribution in [2.45, 2.75) is 26.5 Å². The number of aliphatic hydroxyl groups excluding tert-OH is 1. The Labute approximate surface area is 187 Å². The maximum absolute atomic E-state index is 13.0. The molecule has 4 aromatic rings. The highest BCUT2D eigenvalue weighted by molar-refractivity contribution is 5.95. The molecule has 0 radical (unpaired) electrons. The monoisotopic (exact) mass is 424 g/mol. The summed E-state index contributed by atoms with van der Waals surface area (Å²) in [5.74, 6) is 0.438. The Balaban J connectivity index is 1.66. The van der Waals surface area contributed by atoms with E-state index in [9.17, 15) is 9.90 Å². The minimum Gasteiger partial charge on any atom is -0.382 e. The van der Waals surface area contributed by atoms with E-state index in [1.165, 1.54) is 0 Å². The third-order valence-electron chi connectivity index (χ3n) is 5.17. The predicted octanol–water partition coefficient (Wildman–Crippen LogP) is 4.17. The number of nitrogens with zero attached hydrogens (tertiary/aromatic N) is 3. The number of hydrogen-bond donors (Lipinski definition) is 2. The van der Waals surface area contributed by atoms with E-state index in [-0.39, 0.29) is 5.91 Å². The molecule has 1 atom stereocenters. The minimum absolute atomic E-state index is 0.242. The van der Waals surface area contributed by atoms with Gasteiger partial charge in [-0.25, -0.2) is 9.97 Å². The van der Waals surface area contributed by atoms with Crippen LogP contribution in [0.15, 0.2) is 79.3 Å². The van der Waals surface area contributed by atoms with Gasteiger partial charge in [-0.15, -0.1) is 0 Å². The summed E-state index contributed by atoms with van der Waals surface area (Å²) < 4.78 is 0. The lowest BCUT2D eigenvalue weighted by Gasteiger charge is -2.15. The number of amides is 1. The van der Waals surface area contributed by atoms with Gasteiger partial charge in [0, 0.05) is 36.3 Å². The Morgan fingerprint density at radius 2 is 1.69 bits per heavy atom. The molecule has 0 spiro atoms. The average molecular weight is 425 g/mol. The van der Waals surface area contributed by atoms with Crippen LogP contribution < -0.4 is 5.32 Å². The number of carbonyl (C=O) groups excluding carboxylic acids is 1. The number of nitrogens with one attached hydrogen (secondary N) is 1. The molecule has 0 saturated heterocycles. The molecule has 1 amide bonds. The molecule has 0 aliphatic carbocycles. The molecule has 4 rings (SSSR count). The average Bonchev–Trinajstić information content (AvgIpc) is 2.83. The number of aliphatic hydroxyl groups is 1. The molecular weight excluding hydrogens is 400 g/mol. The van der Waals surface area contributed by atoms with Crippen LogP contribution in [-0.4, -0.2) is 26.0 Å². The van der Waals surface area contributed by atoms with Crippen LogP contribution in [0.1, 0.15) is 44.7 Å². The summed E-state index contributed by atoms with van der Waals surface area (Å²) in [6.45, 7) is 4.15. The summed E-state index contributed by atoms with van der Waals surface area (Å²) in [6, 6.07) is 18.9. The summed E-state index contributed by atoms with van der Waals surface area (Å²) >= 11 is 0. The van der Waals surface area contributed by atoms with Crippen molar-refractivity contribution in [3.63, 3.8) is 0 Å². The summed E-state index contributed by atoms with van der Waals surface area (Å²) in [4.78, 5) is 25.6. The van der Waals surface area contributed by atoms with Crippen molar-refractivity contribution in [3.8, 4) is 11.1 Å². The zero-order valence-electron chi connectivity index (χ0n) is 18.0. The lowest BCUT2D eigenvalue weighted by Crippen LogP contribution is -2.23. The summed E-state index contributed by atoms with van der Waals surface area (Å²) in [5.41, 5.74) is 5.36. The third-order valence-corrected chi connectivity index (χ3v) is 5.17. The van der Waals surface area contributed by atoms with Gasteiger partial charge in [0.05, 0.1) is 5.69 Å². The smallest absolute Gasteiger partial charge is 0.251 e. The van der Waals surface area contributed by atoms with Crippen LogP contribution in [0.2, 0.25) is 0 Å². The molecule has 6 nitrogen and oxygen atoms in total. The predicted molar refractivity (Wildman–Crippen MR) is 123 cm³/mol. The molecule has 0 aliphatic rings. The van der Waals surface area contributed by atoms with Gasteiger partial charge >= 0.3 is 0 Å². The number of aryl methyl sites for hydroxylation is 2. The molecule has 2 N–H and O–H groups in total. The topological polar surface area (TPSA) is 88.0 Å². The first kappa shape index (κ1) is 21.3. The second-order valence-electron chi connectivity index (χ2n) is 7.69. The van der Waals surface area contributed by atoms with E-state index in [1.807, 2.05) is 56.3 Å². The third kappa shape index (κ3) is 5.04. The first-order valence-corrected chi connectivity index (χ1v) is 10.4. The number of rotatable bonds is 6. The molecule has 0 fully saturated rings. The Hall–Kier alpha value is -3.90. The molecule has 2 aromatic carbocycles. The van der Waals surface area contributed by atoms with Gasteiger partial charge in [-0.05, 0) is 60.9 Å². The van der Waals surface area contributed by atoms with Gasteiger partial charge in [0.25, 0.3) is 5.91 Å². The zero-order valence-corrected chi connectivity index (χ0v) is 18.0. The van der Waals surface area contributed by atoms with E-state index in [2.05, 4.69) is 20.3 Å². The van der Waals surface area contributed by atoms with Crippen LogP contribution in [0.25, 0.3) is 11.1 Å². The molecule has 1 unspecified atom stereocenters. The number of aromatic nitrogens is 3. The molecular formula is C26H24N4O2. The van der Waals surface area contributed by atoms with Crippen LogP contribution >= 0.6 is 0 Å². The summed E-state index contributed by atoms with van der Waals surface area (Å²) in [6.07, 6.45) is 4.08. The molecule has 2 heterocycles. The Morgan fingerprint density at radius 1 is 0.938 bits per heavy atom. The Morgan fingerprint density at radius 3 is 2.38 bits per heavy atom. The molecule has 160 valence electrons. The highest BCUT2D eigenvalue weighted by Gasteiger charge is 2.17. The van der Waals surface area contributed by atoms with Crippen LogP contribution in [0.5, 0.6) is 0 Å². The largest absolute Gasteiger partial charge is 0.382 e. The van der Waals surface area contributed by atoms with Crippen molar-refractivity contribution in [1.29, 1.82) is 0 Å². The van der Waals surface area contributed by atoms with Crippen molar-refractivity contribution in [2.24, 2.45) is 0 Å². The first-order chi connectivity index (χ1) is 15.5. The molecule has 0 saturated carbocycles. The highest BCUT2D eigenvalue weighted by Crippen LogP contribution is 2.28. The van der Waals surface area contributed by atoms with Gasteiger partial charge in [0.15, 0.2) is 0 Å². The van der Waals surface area contributed by atoms with Gasteiger partial charge in [-0.3, -0.25) is 9.78 Å². The van der Waals surface area contributed by atoms with Crippen LogP contribution in [0.4, 0.5) is 0 Å².